The number of carbonyl (C=O) groups excluding carboxylic acids is 1. The Hall–Kier alpha value is -2.89. The normalized spacial score (nSPS) is 10.1. The summed E-state index contributed by atoms with van der Waals surface area (Å²) in [6.07, 6.45) is 1.38. The molecule has 2 aromatic rings. The van der Waals surface area contributed by atoms with E-state index in [1.54, 1.807) is 12.1 Å². The van der Waals surface area contributed by atoms with Crippen LogP contribution in [0.3, 0.4) is 0 Å². The number of carboxylic acids is 1. The van der Waals surface area contributed by atoms with Crippen molar-refractivity contribution in [1.82, 2.24) is 4.98 Å². The summed E-state index contributed by atoms with van der Waals surface area (Å²) in [6.45, 7) is 0. The molecule has 1 heterocycles. The number of hydrogen-bond acceptors (Lipinski definition) is 4. The van der Waals surface area contributed by atoms with E-state index in [1.165, 1.54) is 37.5 Å². The number of anilines is 1. The second kappa shape index (κ2) is 5.40. The summed E-state index contributed by atoms with van der Waals surface area (Å²) in [6, 6.07) is 8.96. The highest BCUT2D eigenvalue weighted by atomic mass is 16.4. The van der Waals surface area contributed by atoms with E-state index in [0.717, 1.165) is 4.90 Å². The van der Waals surface area contributed by atoms with Crippen LogP contribution in [0.2, 0.25) is 0 Å². The van der Waals surface area contributed by atoms with Gasteiger partial charge in [-0.15, -0.1) is 0 Å². The molecule has 0 unspecified atom stereocenters. The van der Waals surface area contributed by atoms with Gasteiger partial charge in [-0.2, -0.15) is 0 Å². The average Bonchev–Trinajstić information content (AvgIpc) is 2.46. The molecule has 20 heavy (non-hydrogen) atoms. The van der Waals surface area contributed by atoms with Gasteiger partial charge in [0, 0.05) is 13.2 Å². The predicted octanol–water partition coefficient (Wildman–Crippen LogP) is 1.76. The monoisotopic (exact) mass is 272 g/mol. The number of aromatic hydroxyl groups is 1. The first-order valence-electron chi connectivity index (χ1n) is 5.76. The number of aromatic nitrogens is 1. The molecular formula is C14H12N2O4. The minimum absolute atomic E-state index is 0.00114. The molecule has 0 bridgehead atoms. The van der Waals surface area contributed by atoms with Crippen LogP contribution in [0.5, 0.6) is 5.75 Å². The zero-order valence-corrected chi connectivity index (χ0v) is 10.6. The molecule has 2 rings (SSSR count). The first kappa shape index (κ1) is 13.5. The molecule has 102 valence electrons. The van der Waals surface area contributed by atoms with Crippen molar-refractivity contribution in [3.8, 4) is 5.75 Å². The maximum Gasteiger partial charge on any atom is 0.337 e. The molecule has 0 aliphatic rings. The van der Waals surface area contributed by atoms with Crippen LogP contribution in [0, 0.1) is 0 Å². The molecule has 0 aliphatic carbocycles. The van der Waals surface area contributed by atoms with Gasteiger partial charge < -0.3 is 15.1 Å². The molecule has 0 atom stereocenters. The molecule has 6 nitrogen and oxygen atoms in total. The van der Waals surface area contributed by atoms with Crippen LogP contribution in [-0.2, 0) is 0 Å². The zero-order valence-electron chi connectivity index (χ0n) is 10.6. The Labute approximate surface area is 114 Å². The molecule has 0 aliphatic heterocycles. The standard InChI is InChI=1S/C14H12N2O4/c1-16(10-6-3-2-5-9(10)14(19)20)13(18)12-11(17)7-4-8-15-12/h2-8,17H,1H3,(H,19,20). The summed E-state index contributed by atoms with van der Waals surface area (Å²) in [7, 11) is 1.43. The number of aromatic carboxylic acids is 1. The third kappa shape index (κ3) is 2.44. The van der Waals surface area contributed by atoms with Gasteiger partial charge in [0.1, 0.15) is 5.75 Å². The number of rotatable bonds is 3. The van der Waals surface area contributed by atoms with Gasteiger partial charge >= 0.3 is 5.97 Å². The number of para-hydroxylation sites is 1. The van der Waals surface area contributed by atoms with Crippen molar-refractivity contribution < 1.29 is 19.8 Å². The van der Waals surface area contributed by atoms with Gasteiger partial charge in [0.2, 0.25) is 0 Å². The predicted molar refractivity (Wildman–Crippen MR) is 72.0 cm³/mol. The second-order valence-electron chi connectivity index (χ2n) is 4.06. The molecule has 0 spiro atoms. The van der Waals surface area contributed by atoms with Gasteiger partial charge in [0.05, 0.1) is 11.3 Å². The van der Waals surface area contributed by atoms with Crippen LogP contribution in [0.4, 0.5) is 5.69 Å². The topological polar surface area (TPSA) is 90.7 Å². The summed E-state index contributed by atoms with van der Waals surface area (Å²) in [5.74, 6) is -1.97. The Balaban J connectivity index is 2.42. The Morgan fingerprint density at radius 1 is 1.15 bits per heavy atom. The molecule has 0 saturated carbocycles. The Morgan fingerprint density at radius 3 is 2.50 bits per heavy atom. The minimum Gasteiger partial charge on any atom is -0.505 e. The van der Waals surface area contributed by atoms with Crippen molar-refractivity contribution >= 4 is 17.6 Å². The van der Waals surface area contributed by atoms with Crippen LogP contribution < -0.4 is 4.90 Å². The summed E-state index contributed by atoms with van der Waals surface area (Å²) in [4.78, 5) is 28.4. The third-order valence-corrected chi connectivity index (χ3v) is 2.79. The number of pyridine rings is 1. The fourth-order valence-electron chi connectivity index (χ4n) is 1.78. The van der Waals surface area contributed by atoms with Crippen LogP contribution >= 0.6 is 0 Å². The van der Waals surface area contributed by atoms with E-state index in [-0.39, 0.29) is 22.7 Å². The van der Waals surface area contributed by atoms with Crippen molar-refractivity contribution in [2.45, 2.75) is 0 Å². The van der Waals surface area contributed by atoms with Crippen molar-refractivity contribution in [3.63, 3.8) is 0 Å². The molecule has 0 radical (unpaired) electrons. The van der Waals surface area contributed by atoms with Gasteiger partial charge in [0.25, 0.3) is 5.91 Å². The van der Waals surface area contributed by atoms with E-state index in [1.807, 2.05) is 0 Å². The fraction of sp³-hybridized carbons (Fsp3) is 0.0714. The van der Waals surface area contributed by atoms with E-state index >= 15 is 0 Å². The molecule has 1 aromatic heterocycles. The van der Waals surface area contributed by atoms with E-state index in [9.17, 15) is 14.7 Å². The quantitative estimate of drug-likeness (QED) is 0.888. The van der Waals surface area contributed by atoms with E-state index in [0.29, 0.717) is 0 Å². The third-order valence-electron chi connectivity index (χ3n) is 2.79. The number of hydrogen-bond donors (Lipinski definition) is 2. The first-order chi connectivity index (χ1) is 9.52. The Kier molecular flexibility index (Phi) is 3.65. The van der Waals surface area contributed by atoms with Gasteiger partial charge in [-0.1, -0.05) is 12.1 Å². The highest BCUT2D eigenvalue weighted by Gasteiger charge is 2.22. The zero-order chi connectivity index (χ0) is 14.7. The van der Waals surface area contributed by atoms with Crippen molar-refractivity contribution in [3.05, 3.63) is 53.9 Å². The Morgan fingerprint density at radius 2 is 1.85 bits per heavy atom. The SMILES string of the molecule is CN(C(=O)c1ncccc1O)c1ccccc1C(=O)O. The van der Waals surface area contributed by atoms with Gasteiger partial charge in [-0.05, 0) is 24.3 Å². The summed E-state index contributed by atoms with van der Waals surface area (Å²) in [5.41, 5.74) is 0.101. The Bertz CT molecular complexity index is 670. The maximum absolute atomic E-state index is 12.3. The van der Waals surface area contributed by atoms with Crippen molar-refractivity contribution in [2.75, 3.05) is 11.9 Å². The van der Waals surface area contributed by atoms with Crippen LogP contribution in [-0.4, -0.2) is 34.1 Å². The summed E-state index contributed by atoms with van der Waals surface area (Å²) >= 11 is 0. The number of benzene rings is 1. The largest absolute Gasteiger partial charge is 0.505 e. The number of amides is 1. The summed E-state index contributed by atoms with van der Waals surface area (Å²) < 4.78 is 0. The molecular weight excluding hydrogens is 260 g/mol. The van der Waals surface area contributed by atoms with E-state index < -0.39 is 11.9 Å². The maximum atomic E-state index is 12.3. The highest BCUT2D eigenvalue weighted by Crippen LogP contribution is 2.23. The van der Waals surface area contributed by atoms with Gasteiger partial charge in [-0.25, -0.2) is 9.78 Å². The molecule has 2 N–H and O–H groups in total. The average molecular weight is 272 g/mol. The van der Waals surface area contributed by atoms with Crippen LogP contribution in [0.1, 0.15) is 20.8 Å². The minimum atomic E-state index is -1.13. The molecule has 1 amide bonds. The van der Waals surface area contributed by atoms with Crippen molar-refractivity contribution in [1.29, 1.82) is 0 Å². The smallest absolute Gasteiger partial charge is 0.337 e. The fourth-order valence-corrected chi connectivity index (χ4v) is 1.78. The van der Waals surface area contributed by atoms with E-state index in [2.05, 4.69) is 4.98 Å². The lowest BCUT2D eigenvalue weighted by Crippen LogP contribution is -2.28. The van der Waals surface area contributed by atoms with Crippen LogP contribution in [0.15, 0.2) is 42.6 Å². The lowest BCUT2D eigenvalue weighted by Gasteiger charge is -2.19. The second-order valence-corrected chi connectivity index (χ2v) is 4.06. The van der Waals surface area contributed by atoms with E-state index in [4.69, 9.17) is 5.11 Å². The molecule has 6 heteroatoms. The lowest BCUT2D eigenvalue weighted by molar-refractivity contribution is 0.0697. The van der Waals surface area contributed by atoms with Crippen LogP contribution in [0.25, 0.3) is 0 Å². The highest BCUT2D eigenvalue weighted by molar-refractivity contribution is 6.09. The molecule has 0 fully saturated rings. The van der Waals surface area contributed by atoms with Gasteiger partial charge in [0.15, 0.2) is 5.69 Å². The number of nitrogens with zero attached hydrogens (tertiary/aromatic N) is 2. The van der Waals surface area contributed by atoms with Gasteiger partial charge in [-0.3, -0.25) is 4.79 Å². The number of carboxylic acid groups (broad SMARTS) is 1. The number of carbonyl (C=O) groups is 2. The molecule has 1 aromatic carbocycles. The molecule has 0 saturated heterocycles. The summed E-state index contributed by atoms with van der Waals surface area (Å²) in [5, 5.41) is 18.7. The first-order valence-corrected chi connectivity index (χ1v) is 5.76. The lowest BCUT2D eigenvalue weighted by atomic mass is 10.1. The van der Waals surface area contributed by atoms with Crippen molar-refractivity contribution in [2.24, 2.45) is 0 Å².